The van der Waals surface area contributed by atoms with E-state index in [4.69, 9.17) is 19.9 Å². The summed E-state index contributed by atoms with van der Waals surface area (Å²) in [6, 6.07) is 8.64. The van der Waals surface area contributed by atoms with Crippen LogP contribution in [0.1, 0.15) is 23.2 Å². The molecule has 3 N–H and O–H groups in total. The number of rotatable bonds is 5. The molecule has 3 aliphatic rings. The number of pyridine rings is 1. The summed E-state index contributed by atoms with van der Waals surface area (Å²) < 4.78 is 17.8. The number of amides is 1. The third kappa shape index (κ3) is 3.52. The number of anilines is 1. The lowest BCUT2D eigenvalue weighted by Crippen LogP contribution is -2.50. The van der Waals surface area contributed by atoms with Gasteiger partial charge in [0.15, 0.2) is 0 Å². The zero-order valence-corrected chi connectivity index (χ0v) is 19.8. The number of esters is 1. The van der Waals surface area contributed by atoms with Gasteiger partial charge in [0, 0.05) is 49.2 Å². The number of ether oxygens (including phenoxy) is 3. The number of hydrogen-bond acceptors (Lipinski definition) is 8. The summed E-state index contributed by atoms with van der Waals surface area (Å²) in [5.41, 5.74) is 5.51. The minimum absolute atomic E-state index is 0.0616. The third-order valence-electron chi connectivity index (χ3n) is 6.96. The first-order valence-corrected chi connectivity index (χ1v) is 11.6. The summed E-state index contributed by atoms with van der Waals surface area (Å²) in [5.74, 6) is -1.49. The van der Waals surface area contributed by atoms with Crippen molar-refractivity contribution in [2.45, 2.75) is 25.3 Å². The van der Waals surface area contributed by atoms with Crippen molar-refractivity contribution in [1.29, 1.82) is 0 Å². The van der Waals surface area contributed by atoms with Crippen LogP contribution >= 0.6 is 0 Å². The van der Waals surface area contributed by atoms with E-state index in [0.29, 0.717) is 36.7 Å². The number of aryl methyl sites for hydroxylation is 1. The average molecular weight is 481 g/mol. The minimum Gasteiger partial charge on any atom is -0.465 e. The van der Waals surface area contributed by atoms with Crippen LogP contribution in [-0.4, -0.2) is 61.3 Å². The first kappa shape index (κ1) is 23.1. The van der Waals surface area contributed by atoms with Crippen molar-refractivity contribution in [3.8, 4) is 5.75 Å². The number of carbonyl (C=O) groups is 2. The molecule has 2 aromatic rings. The Kier molecular flexibility index (Phi) is 5.86. The predicted octanol–water partition coefficient (Wildman–Crippen LogP) is 0.853. The Morgan fingerprint density at radius 2 is 1.94 bits per heavy atom. The summed E-state index contributed by atoms with van der Waals surface area (Å²) in [5, 5.41) is 2.82. The minimum atomic E-state index is -1.78. The van der Waals surface area contributed by atoms with E-state index in [1.165, 1.54) is 7.11 Å². The van der Waals surface area contributed by atoms with Gasteiger partial charge in [0.25, 0.3) is 5.56 Å². The molecule has 3 aliphatic heterocycles. The molecular weight excluding hydrogens is 452 g/mol. The molecule has 1 spiro atoms. The van der Waals surface area contributed by atoms with Gasteiger partial charge in [-0.3, -0.25) is 14.5 Å². The fourth-order valence-corrected chi connectivity index (χ4v) is 5.31. The zero-order chi connectivity index (χ0) is 24.7. The Balaban J connectivity index is 1.65. The molecule has 5 rings (SSSR count). The lowest BCUT2D eigenvalue weighted by Gasteiger charge is -2.35. The van der Waals surface area contributed by atoms with Gasteiger partial charge in [-0.25, -0.2) is 4.79 Å². The standard InChI is InChI=1S/C25H28N4O6/c1-15-14-18-19(22(30)29(15)9-5-8-28-10-12-34-13-11-28)25(20(21(26)35-18)23(31)33-2)16-6-3-4-7-17(16)27-24(25)32/h3-4,6-7,14H,5,8-13,26H2,1-2H3,(H,27,32)/t25-/m1/s1. The highest BCUT2D eigenvalue weighted by Crippen LogP contribution is 2.52. The van der Waals surface area contributed by atoms with Gasteiger partial charge in [-0.2, -0.15) is 0 Å². The Labute approximate surface area is 202 Å². The van der Waals surface area contributed by atoms with Crippen LogP contribution in [0.5, 0.6) is 5.75 Å². The molecule has 0 saturated carbocycles. The molecule has 1 atom stereocenters. The monoisotopic (exact) mass is 480 g/mol. The van der Waals surface area contributed by atoms with Crippen LogP contribution < -0.4 is 21.3 Å². The summed E-state index contributed by atoms with van der Waals surface area (Å²) in [6.07, 6.45) is 0.734. The molecule has 0 radical (unpaired) electrons. The van der Waals surface area contributed by atoms with E-state index in [-0.39, 0.29) is 22.8 Å². The van der Waals surface area contributed by atoms with Crippen molar-refractivity contribution >= 4 is 17.6 Å². The van der Waals surface area contributed by atoms with E-state index in [0.717, 1.165) is 26.1 Å². The van der Waals surface area contributed by atoms with Crippen LogP contribution in [-0.2, 0) is 31.0 Å². The second kappa shape index (κ2) is 8.86. The molecule has 1 fully saturated rings. The third-order valence-corrected chi connectivity index (χ3v) is 6.96. The molecule has 4 heterocycles. The number of benzene rings is 1. The summed E-state index contributed by atoms with van der Waals surface area (Å²) in [4.78, 5) is 43.0. The smallest absolute Gasteiger partial charge is 0.340 e. The number of aromatic nitrogens is 1. The van der Waals surface area contributed by atoms with Gasteiger partial charge in [0.1, 0.15) is 16.7 Å². The van der Waals surface area contributed by atoms with Crippen LogP contribution in [0.2, 0.25) is 0 Å². The second-order valence-electron chi connectivity index (χ2n) is 8.87. The quantitative estimate of drug-likeness (QED) is 0.604. The van der Waals surface area contributed by atoms with Crippen LogP contribution in [0, 0.1) is 6.92 Å². The van der Waals surface area contributed by atoms with Gasteiger partial charge >= 0.3 is 5.97 Å². The predicted molar refractivity (Wildman–Crippen MR) is 127 cm³/mol. The van der Waals surface area contributed by atoms with Crippen molar-refractivity contribution in [3.63, 3.8) is 0 Å². The molecule has 10 nitrogen and oxygen atoms in total. The van der Waals surface area contributed by atoms with E-state index in [1.54, 1.807) is 34.9 Å². The van der Waals surface area contributed by atoms with Crippen molar-refractivity contribution < 1.29 is 23.8 Å². The number of nitrogens with one attached hydrogen (secondary N) is 1. The topological polar surface area (TPSA) is 125 Å². The normalized spacial score (nSPS) is 21.4. The summed E-state index contributed by atoms with van der Waals surface area (Å²) in [6.45, 7) is 6.20. The van der Waals surface area contributed by atoms with Gasteiger partial charge in [-0.1, -0.05) is 18.2 Å². The molecule has 1 amide bonds. The number of fused-ring (bicyclic) bond motifs is 4. The molecule has 10 heteroatoms. The van der Waals surface area contributed by atoms with Crippen molar-refractivity contribution in [1.82, 2.24) is 9.47 Å². The Bertz CT molecular complexity index is 1290. The van der Waals surface area contributed by atoms with Gasteiger partial charge in [-0.15, -0.1) is 0 Å². The lowest BCUT2D eigenvalue weighted by molar-refractivity contribution is -0.138. The van der Waals surface area contributed by atoms with E-state index in [9.17, 15) is 14.4 Å². The number of para-hydroxylation sites is 1. The Morgan fingerprint density at radius 1 is 1.20 bits per heavy atom. The van der Waals surface area contributed by atoms with Gasteiger partial charge < -0.3 is 29.8 Å². The van der Waals surface area contributed by atoms with E-state index >= 15 is 0 Å². The number of nitrogens with zero attached hydrogens (tertiary/aromatic N) is 2. The fraction of sp³-hybridized carbons (Fsp3) is 0.400. The molecule has 1 aromatic heterocycles. The van der Waals surface area contributed by atoms with Crippen molar-refractivity contribution in [2.75, 3.05) is 45.3 Å². The number of carbonyl (C=O) groups excluding carboxylic acids is 2. The van der Waals surface area contributed by atoms with Crippen molar-refractivity contribution in [2.24, 2.45) is 5.73 Å². The van der Waals surface area contributed by atoms with Crippen molar-refractivity contribution in [3.05, 3.63) is 69.0 Å². The maximum atomic E-state index is 14.1. The van der Waals surface area contributed by atoms with Crippen LogP contribution in [0.15, 0.2) is 46.6 Å². The largest absolute Gasteiger partial charge is 0.465 e. The molecule has 0 bridgehead atoms. The molecule has 1 saturated heterocycles. The number of nitrogens with two attached hydrogens (primary N) is 1. The second-order valence-corrected chi connectivity index (χ2v) is 8.87. The van der Waals surface area contributed by atoms with Gasteiger partial charge in [-0.05, 0) is 19.4 Å². The van der Waals surface area contributed by atoms with Gasteiger partial charge in [0.05, 0.1) is 25.9 Å². The summed E-state index contributed by atoms with van der Waals surface area (Å²) in [7, 11) is 1.20. The highest BCUT2D eigenvalue weighted by molar-refractivity contribution is 6.17. The molecule has 0 unspecified atom stereocenters. The van der Waals surface area contributed by atoms with Crippen LogP contribution in [0.3, 0.4) is 0 Å². The van der Waals surface area contributed by atoms with Gasteiger partial charge in [0.2, 0.25) is 11.8 Å². The van der Waals surface area contributed by atoms with Crippen LogP contribution in [0.25, 0.3) is 0 Å². The lowest BCUT2D eigenvalue weighted by atomic mass is 9.68. The number of morpholine rings is 1. The molecule has 35 heavy (non-hydrogen) atoms. The first-order valence-electron chi connectivity index (χ1n) is 11.6. The van der Waals surface area contributed by atoms with Crippen LogP contribution in [0.4, 0.5) is 5.69 Å². The highest BCUT2D eigenvalue weighted by atomic mass is 16.5. The number of methoxy groups -OCH3 is 1. The highest BCUT2D eigenvalue weighted by Gasteiger charge is 2.60. The SMILES string of the molecule is COC(=O)C1=C(N)Oc2cc(C)n(CCCN3CCOCC3)c(=O)c2[C@@]12C(=O)Nc1ccccc12. The average Bonchev–Trinajstić information content (AvgIpc) is 3.13. The Hall–Kier alpha value is -3.63. The number of hydrogen-bond donors (Lipinski definition) is 2. The van der Waals surface area contributed by atoms with E-state index < -0.39 is 22.9 Å². The first-order chi connectivity index (χ1) is 16.9. The van der Waals surface area contributed by atoms with E-state index in [1.807, 2.05) is 6.92 Å². The molecule has 184 valence electrons. The molecular formula is C25H28N4O6. The van der Waals surface area contributed by atoms with E-state index in [2.05, 4.69) is 10.2 Å². The molecule has 0 aliphatic carbocycles. The Morgan fingerprint density at radius 3 is 2.69 bits per heavy atom. The maximum absolute atomic E-state index is 14.1. The fourth-order valence-electron chi connectivity index (χ4n) is 5.31. The molecule has 1 aromatic carbocycles. The zero-order valence-electron chi connectivity index (χ0n) is 19.8. The maximum Gasteiger partial charge on any atom is 0.340 e. The summed E-state index contributed by atoms with van der Waals surface area (Å²) >= 11 is 0.